The van der Waals surface area contributed by atoms with Crippen LogP contribution in [0.4, 0.5) is 10.8 Å². The Morgan fingerprint density at radius 1 is 1.26 bits per heavy atom. The fraction of sp³-hybridized carbons (Fsp3) is 0.211. The van der Waals surface area contributed by atoms with Gasteiger partial charge in [0.25, 0.3) is 0 Å². The van der Waals surface area contributed by atoms with Crippen LogP contribution in [0.1, 0.15) is 34.1 Å². The average Bonchev–Trinajstić information content (AvgIpc) is 3.27. The van der Waals surface area contributed by atoms with E-state index >= 15 is 0 Å². The van der Waals surface area contributed by atoms with E-state index in [1.54, 1.807) is 16.8 Å². The van der Waals surface area contributed by atoms with E-state index < -0.39 is 5.97 Å². The van der Waals surface area contributed by atoms with Crippen molar-refractivity contribution in [3.8, 4) is 0 Å². The summed E-state index contributed by atoms with van der Waals surface area (Å²) in [6, 6.07) is 5.49. The molecule has 0 saturated heterocycles. The third kappa shape index (κ3) is 4.37. The summed E-state index contributed by atoms with van der Waals surface area (Å²) < 4.78 is 5.28. The number of aryl methyl sites for hydroxylation is 2. The first-order chi connectivity index (χ1) is 12.9. The van der Waals surface area contributed by atoms with Crippen LogP contribution in [-0.2, 0) is 16.1 Å². The minimum absolute atomic E-state index is 0.0392. The van der Waals surface area contributed by atoms with Crippen molar-refractivity contribution in [3.05, 3.63) is 61.7 Å². The lowest BCUT2D eigenvalue weighted by atomic mass is 10.1. The Labute approximate surface area is 170 Å². The molecule has 27 heavy (non-hydrogen) atoms. The Morgan fingerprint density at radius 3 is 2.67 bits per heavy atom. The summed E-state index contributed by atoms with van der Waals surface area (Å²) in [5, 5.41) is 6.29. The molecule has 0 spiro atoms. The van der Waals surface area contributed by atoms with Gasteiger partial charge in [-0.15, -0.1) is 11.3 Å². The van der Waals surface area contributed by atoms with E-state index in [9.17, 15) is 9.59 Å². The summed E-state index contributed by atoms with van der Waals surface area (Å²) in [6.07, 6.45) is 0. The Balaban J connectivity index is 1.82. The van der Waals surface area contributed by atoms with Gasteiger partial charge in [-0.25, -0.2) is 9.78 Å². The monoisotopic (exact) mass is 420 g/mol. The second kappa shape index (κ2) is 8.21. The van der Waals surface area contributed by atoms with Gasteiger partial charge in [-0.05, 0) is 42.5 Å². The predicted octanol–water partition coefficient (Wildman–Crippen LogP) is 5.52. The number of rotatable bonds is 5. The molecule has 0 radical (unpaired) electrons. The summed E-state index contributed by atoms with van der Waals surface area (Å²) in [4.78, 5) is 30.2. The van der Waals surface area contributed by atoms with Crippen molar-refractivity contribution in [2.45, 2.75) is 27.4 Å². The van der Waals surface area contributed by atoms with E-state index in [2.05, 4.69) is 4.98 Å². The topological polar surface area (TPSA) is 59.5 Å². The number of esters is 1. The van der Waals surface area contributed by atoms with Crippen molar-refractivity contribution in [1.82, 2.24) is 4.98 Å². The van der Waals surface area contributed by atoms with Gasteiger partial charge in [-0.2, -0.15) is 11.3 Å². The number of aromatic nitrogens is 1. The molecule has 1 aromatic carbocycles. The van der Waals surface area contributed by atoms with Crippen LogP contribution in [0.5, 0.6) is 0 Å². The van der Waals surface area contributed by atoms with Crippen LogP contribution < -0.4 is 4.90 Å². The molecule has 0 bridgehead atoms. The number of thiazole rings is 1. The number of benzene rings is 1. The minimum Gasteiger partial charge on any atom is -0.456 e. The lowest BCUT2D eigenvalue weighted by Crippen LogP contribution is -2.24. The Hall–Kier alpha value is -2.22. The largest absolute Gasteiger partial charge is 0.456 e. The maximum Gasteiger partial charge on any atom is 0.339 e. The third-order valence-electron chi connectivity index (χ3n) is 3.78. The molecular formula is C19H17ClN2O3S2. The van der Waals surface area contributed by atoms with Crippen molar-refractivity contribution < 1.29 is 14.3 Å². The van der Waals surface area contributed by atoms with Crippen molar-refractivity contribution >= 4 is 57.0 Å². The molecule has 3 aromatic rings. The molecule has 0 aliphatic rings. The number of ether oxygens (including phenoxy) is 1. The summed E-state index contributed by atoms with van der Waals surface area (Å²) in [5.74, 6) is -0.591. The van der Waals surface area contributed by atoms with Crippen LogP contribution >= 0.6 is 34.3 Å². The molecule has 2 aromatic heterocycles. The second-order valence-electron chi connectivity index (χ2n) is 5.98. The highest BCUT2D eigenvalue weighted by Crippen LogP contribution is 2.37. The number of halogens is 1. The zero-order valence-electron chi connectivity index (χ0n) is 15.0. The lowest BCUT2D eigenvalue weighted by molar-refractivity contribution is -0.115. The number of nitrogens with zero attached hydrogens (tertiary/aromatic N) is 2. The quantitative estimate of drug-likeness (QED) is 0.510. The van der Waals surface area contributed by atoms with Gasteiger partial charge in [0, 0.05) is 17.7 Å². The SMILES string of the molecule is CC(=O)N(c1nc(COC(=O)c2ccsc2)cs1)c1c(C)cc(C)cc1Cl. The van der Waals surface area contributed by atoms with Gasteiger partial charge in [0.05, 0.1) is 22.0 Å². The number of thiophene rings is 1. The van der Waals surface area contributed by atoms with E-state index in [0.717, 1.165) is 11.1 Å². The summed E-state index contributed by atoms with van der Waals surface area (Å²) in [5.41, 5.74) is 3.61. The van der Waals surface area contributed by atoms with E-state index in [1.807, 2.05) is 31.4 Å². The fourth-order valence-corrected chi connectivity index (χ4v) is 4.54. The van der Waals surface area contributed by atoms with Gasteiger partial charge in [0.15, 0.2) is 5.13 Å². The first kappa shape index (κ1) is 19.5. The molecule has 0 aliphatic carbocycles. The zero-order valence-corrected chi connectivity index (χ0v) is 17.4. The minimum atomic E-state index is -0.397. The number of anilines is 2. The molecule has 0 N–H and O–H groups in total. The van der Waals surface area contributed by atoms with Gasteiger partial charge in [-0.3, -0.25) is 9.69 Å². The van der Waals surface area contributed by atoms with Gasteiger partial charge >= 0.3 is 5.97 Å². The highest BCUT2D eigenvalue weighted by Gasteiger charge is 2.23. The predicted molar refractivity (Wildman–Crippen MR) is 109 cm³/mol. The van der Waals surface area contributed by atoms with Crippen molar-refractivity contribution in [3.63, 3.8) is 0 Å². The number of carbonyl (C=O) groups excluding carboxylic acids is 2. The van der Waals surface area contributed by atoms with E-state index in [1.165, 1.54) is 34.5 Å². The lowest BCUT2D eigenvalue weighted by Gasteiger charge is -2.22. The molecule has 3 rings (SSSR count). The van der Waals surface area contributed by atoms with Gasteiger partial charge in [0.2, 0.25) is 5.91 Å². The average molecular weight is 421 g/mol. The molecule has 0 atom stereocenters. The molecule has 2 heterocycles. The molecule has 140 valence electrons. The van der Waals surface area contributed by atoms with E-state index in [4.69, 9.17) is 16.3 Å². The van der Waals surface area contributed by atoms with Gasteiger partial charge in [0.1, 0.15) is 6.61 Å². The summed E-state index contributed by atoms with van der Waals surface area (Å²) >= 11 is 9.13. The molecule has 1 amide bonds. The second-order valence-corrected chi connectivity index (χ2v) is 8.00. The van der Waals surface area contributed by atoms with Crippen molar-refractivity contribution in [2.24, 2.45) is 0 Å². The molecular weight excluding hydrogens is 404 g/mol. The Morgan fingerprint density at radius 2 is 2.04 bits per heavy atom. The number of amides is 1. The normalized spacial score (nSPS) is 10.7. The molecule has 0 aliphatic heterocycles. The first-order valence-corrected chi connectivity index (χ1v) is 10.3. The summed E-state index contributed by atoms with van der Waals surface area (Å²) in [6.45, 7) is 5.36. The maximum absolute atomic E-state index is 12.3. The fourth-order valence-electron chi connectivity index (χ4n) is 2.65. The maximum atomic E-state index is 12.3. The van der Waals surface area contributed by atoms with Crippen LogP contribution in [0.15, 0.2) is 34.3 Å². The first-order valence-electron chi connectivity index (χ1n) is 8.08. The molecule has 0 unspecified atom stereocenters. The third-order valence-corrected chi connectivity index (χ3v) is 5.62. The standard InChI is InChI=1S/C19H17ClN2O3S2/c1-11-6-12(2)17(16(20)7-11)22(13(3)23)19-21-15(10-27-19)8-25-18(24)14-4-5-26-9-14/h4-7,9-10H,8H2,1-3H3. The Kier molecular flexibility index (Phi) is 5.94. The van der Waals surface area contributed by atoms with Crippen LogP contribution in [0.25, 0.3) is 0 Å². The van der Waals surface area contributed by atoms with Crippen LogP contribution in [0.2, 0.25) is 5.02 Å². The van der Waals surface area contributed by atoms with Gasteiger partial charge in [-0.1, -0.05) is 17.7 Å². The van der Waals surface area contributed by atoms with E-state index in [-0.39, 0.29) is 12.5 Å². The number of carbonyl (C=O) groups is 2. The highest BCUT2D eigenvalue weighted by molar-refractivity contribution is 7.14. The Bertz CT molecular complexity index is 960. The van der Waals surface area contributed by atoms with Crippen molar-refractivity contribution in [2.75, 3.05) is 4.90 Å². The van der Waals surface area contributed by atoms with Crippen LogP contribution in [-0.4, -0.2) is 16.9 Å². The molecule has 8 heteroatoms. The zero-order chi connectivity index (χ0) is 19.6. The van der Waals surface area contributed by atoms with Crippen LogP contribution in [0.3, 0.4) is 0 Å². The number of hydrogen-bond acceptors (Lipinski definition) is 6. The molecule has 0 fully saturated rings. The van der Waals surface area contributed by atoms with E-state index in [0.29, 0.717) is 27.1 Å². The van der Waals surface area contributed by atoms with Gasteiger partial charge < -0.3 is 4.74 Å². The highest BCUT2D eigenvalue weighted by atomic mass is 35.5. The van der Waals surface area contributed by atoms with Crippen LogP contribution in [0, 0.1) is 13.8 Å². The van der Waals surface area contributed by atoms with Crippen molar-refractivity contribution in [1.29, 1.82) is 0 Å². The summed E-state index contributed by atoms with van der Waals surface area (Å²) in [7, 11) is 0. The molecule has 5 nitrogen and oxygen atoms in total. The molecule has 0 saturated carbocycles. The number of hydrogen-bond donors (Lipinski definition) is 0. The smallest absolute Gasteiger partial charge is 0.339 e.